The van der Waals surface area contributed by atoms with Gasteiger partial charge < -0.3 is 0 Å². The van der Waals surface area contributed by atoms with Crippen LogP contribution >= 0.6 is 11.8 Å². The Bertz CT molecular complexity index is 53.9. The lowest BCUT2D eigenvalue weighted by atomic mass is 10.5. The number of thioether (sulfide) groups is 1. The highest BCUT2D eigenvalue weighted by molar-refractivity contribution is 8.15. The van der Waals surface area contributed by atoms with E-state index < -0.39 is 0 Å². The van der Waals surface area contributed by atoms with Crippen molar-refractivity contribution in [1.82, 2.24) is 0 Å². The molecule has 1 nitrogen and oxygen atoms in total. The molecule has 2 heteroatoms. The normalized spacial score (nSPS) is 22.0. The maximum absolute atomic E-state index is 9.86. The Kier molecular flexibility index (Phi) is 0.651. The molecule has 1 saturated heterocycles. The molecular formula is C3H4OS. The molecule has 1 aliphatic heterocycles. The summed E-state index contributed by atoms with van der Waals surface area (Å²) in [7, 11) is 0. The number of carbonyl (C=O) groups is 1. The summed E-state index contributed by atoms with van der Waals surface area (Å²) >= 11 is 1.42. The number of hydrogen-bond donors (Lipinski definition) is 0. The zero-order valence-corrected chi connectivity index (χ0v) is 3.55. The standard InChI is InChI=1S/C3H4OS/c4-3-1-2-5-3/h1-2H2. The predicted molar refractivity (Wildman–Crippen MR) is 22.1 cm³/mol. The predicted octanol–water partition coefficient (Wildman–Crippen LogP) is 0.650. The van der Waals surface area contributed by atoms with Crippen LogP contribution in [0, 0.1) is 0 Å². The van der Waals surface area contributed by atoms with E-state index in [-0.39, 0.29) is 0 Å². The molecule has 0 unspecified atom stereocenters. The summed E-state index contributed by atoms with van der Waals surface area (Å²) in [6, 6.07) is 0. The van der Waals surface area contributed by atoms with Gasteiger partial charge in [0.1, 0.15) is 0 Å². The van der Waals surface area contributed by atoms with Crippen molar-refractivity contribution in [1.29, 1.82) is 0 Å². The summed E-state index contributed by atoms with van der Waals surface area (Å²) in [6.45, 7) is 0. The second kappa shape index (κ2) is 1.01. The zero-order chi connectivity index (χ0) is 3.70. The number of rotatable bonds is 0. The average Bonchev–Trinajstić information content (AvgIpc) is 1.30. The van der Waals surface area contributed by atoms with E-state index in [1.165, 1.54) is 11.8 Å². The maximum atomic E-state index is 9.86. The van der Waals surface area contributed by atoms with Crippen LogP contribution in [0.2, 0.25) is 0 Å². The van der Waals surface area contributed by atoms with Gasteiger partial charge in [-0.2, -0.15) is 0 Å². The van der Waals surface area contributed by atoms with Crippen LogP contribution in [0.3, 0.4) is 0 Å². The Morgan fingerprint density at radius 2 is 2.20 bits per heavy atom. The Morgan fingerprint density at radius 1 is 1.80 bits per heavy atom. The molecule has 0 bridgehead atoms. The van der Waals surface area contributed by atoms with Crippen molar-refractivity contribution in [3.63, 3.8) is 0 Å². The van der Waals surface area contributed by atoms with E-state index in [2.05, 4.69) is 0 Å². The fraction of sp³-hybridized carbons (Fsp3) is 0.667. The van der Waals surface area contributed by atoms with Gasteiger partial charge in [0.05, 0.1) is 0 Å². The summed E-state index contributed by atoms with van der Waals surface area (Å²) in [5, 5.41) is 0.352. The van der Waals surface area contributed by atoms with Gasteiger partial charge in [-0.3, -0.25) is 4.79 Å². The maximum Gasteiger partial charge on any atom is 0.189 e. The van der Waals surface area contributed by atoms with Crippen molar-refractivity contribution in [3.05, 3.63) is 0 Å². The highest BCUT2D eigenvalue weighted by Crippen LogP contribution is 2.17. The van der Waals surface area contributed by atoms with Crippen molar-refractivity contribution in [2.24, 2.45) is 0 Å². The second-order valence-electron chi connectivity index (χ2n) is 0.970. The first-order chi connectivity index (χ1) is 2.39. The van der Waals surface area contributed by atoms with Crippen LogP contribution in [0.15, 0.2) is 0 Å². The molecule has 0 aromatic rings. The van der Waals surface area contributed by atoms with Crippen LogP contribution in [-0.2, 0) is 4.79 Å². The topological polar surface area (TPSA) is 17.1 Å². The molecule has 0 spiro atoms. The van der Waals surface area contributed by atoms with Crippen molar-refractivity contribution in [2.75, 3.05) is 5.75 Å². The summed E-state index contributed by atoms with van der Waals surface area (Å²) in [5.41, 5.74) is 0. The SMILES string of the molecule is O=C1CCS1. The van der Waals surface area contributed by atoms with Gasteiger partial charge in [0.15, 0.2) is 5.12 Å². The van der Waals surface area contributed by atoms with E-state index in [1.807, 2.05) is 0 Å². The van der Waals surface area contributed by atoms with Crippen LogP contribution < -0.4 is 0 Å². The van der Waals surface area contributed by atoms with E-state index >= 15 is 0 Å². The van der Waals surface area contributed by atoms with E-state index in [1.54, 1.807) is 0 Å². The lowest BCUT2D eigenvalue weighted by molar-refractivity contribution is -0.111. The molecule has 0 N–H and O–H groups in total. The molecule has 1 rings (SSSR count). The van der Waals surface area contributed by atoms with Gasteiger partial charge in [0.25, 0.3) is 0 Å². The van der Waals surface area contributed by atoms with Crippen molar-refractivity contribution >= 4 is 16.9 Å². The lowest BCUT2D eigenvalue weighted by Crippen LogP contribution is -2.04. The molecule has 0 atom stereocenters. The lowest BCUT2D eigenvalue weighted by Gasteiger charge is -2.04. The van der Waals surface area contributed by atoms with Crippen molar-refractivity contribution in [2.45, 2.75) is 6.42 Å². The fourth-order valence-corrected chi connectivity index (χ4v) is 0.556. The first-order valence-corrected chi connectivity index (χ1v) is 2.54. The highest BCUT2D eigenvalue weighted by atomic mass is 32.2. The van der Waals surface area contributed by atoms with E-state index in [0.29, 0.717) is 5.12 Å². The minimum atomic E-state index is 0.352. The first kappa shape index (κ1) is 3.22. The quantitative estimate of drug-likeness (QED) is 0.432. The zero-order valence-electron chi connectivity index (χ0n) is 2.73. The van der Waals surface area contributed by atoms with Gasteiger partial charge in [0.2, 0.25) is 0 Å². The average molecular weight is 88.1 g/mol. The van der Waals surface area contributed by atoms with Gasteiger partial charge in [0, 0.05) is 12.2 Å². The van der Waals surface area contributed by atoms with Crippen molar-refractivity contribution < 1.29 is 4.79 Å². The molecule has 0 saturated carbocycles. The van der Waals surface area contributed by atoms with Crippen LogP contribution in [0.5, 0.6) is 0 Å². The van der Waals surface area contributed by atoms with Crippen LogP contribution in [0.25, 0.3) is 0 Å². The third-order valence-electron chi connectivity index (χ3n) is 0.569. The van der Waals surface area contributed by atoms with Gasteiger partial charge in [-0.05, 0) is 0 Å². The Hall–Kier alpha value is 0.0200. The molecule has 28 valence electrons. The van der Waals surface area contributed by atoms with Gasteiger partial charge in [-0.25, -0.2) is 0 Å². The molecule has 0 aromatic heterocycles. The summed E-state index contributed by atoms with van der Waals surface area (Å²) in [4.78, 5) is 9.86. The molecule has 0 radical (unpaired) electrons. The first-order valence-electron chi connectivity index (χ1n) is 1.55. The molecule has 0 aromatic carbocycles. The largest absolute Gasteiger partial charge is 0.287 e. The minimum absolute atomic E-state index is 0.352. The van der Waals surface area contributed by atoms with Crippen LogP contribution in [0.4, 0.5) is 0 Å². The molecule has 0 amide bonds. The molecule has 1 heterocycles. The molecule has 0 aliphatic carbocycles. The second-order valence-corrected chi connectivity index (χ2v) is 2.12. The molecular weight excluding hydrogens is 84.1 g/mol. The Labute approximate surface area is 34.7 Å². The highest BCUT2D eigenvalue weighted by Gasteiger charge is 2.10. The monoisotopic (exact) mass is 88.0 g/mol. The molecule has 1 aliphatic rings. The van der Waals surface area contributed by atoms with Gasteiger partial charge >= 0.3 is 0 Å². The van der Waals surface area contributed by atoms with E-state index in [0.717, 1.165) is 12.2 Å². The van der Waals surface area contributed by atoms with Crippen LogP contribution in [-0.4, -0.2) is 10.9 Å². The Morgan fingerprint density at radius 3 is 2.20 bits per heavy atom. The van der Waals surface area contributed by atoms with Crippen LogP contribution in [0.1, 0.15) is 6.42 Å². The van der Waals surface area contributed by atoms with Gasteiger partial charge in [-0.1, -0.05) is 11.8 Å². The summed E-state index contributed by atoms with van der Waals surface area (Å²) in [6.07, 6.45) is 0.810. The number of hydrogen-bond acceptors (Lipinski definition) is 2. The molecule has 1 fully saturated rings. The smallest absolute Gasteiger partial charge is 0.189 e. The summed E-state index contributed by atoms with van der Waals surface area (Å²) in [5.74, 6) is 1.05. The molecule has 5 heavy (non-hydrogen) atoms. The van der Waals surface area contributed by atoms with Crippen molar-refractivity contribution in [3.8, 4) is 0 Å². The van der Waals surface area contributed by atoms with E-state index in [9.17, 15) is 4.79 Å². The number of carbonyl (C=O) groups excluding carboxylic acids is 1. The minimum Gasteiger partial charge on any atom is -0.287 e. The third kappa shape index (κ3) is 0.453. The fourth-order valence-electron chi connectivity index (χ4n) is 0.185. The van der Waals surface area contributed by atoms with Gasteiger partial charge in [-0.15, -0.1) is 0 Å². The van der Waals surface area contributed by atoms with E-state index in [4.69, 9.17) is 0 Å². The summed E-state index contributed by atoms with van der Waals surface area (Å²) < 4.78 is 0. The third-order valence-corrected chi connectivity index (χ3v) is 1.50. The Balaban J connectivity index is 2.32.